The molecule has 1 amide bonds. The van der Waals surface area contributed by atoms with Gasteiger partial charge in [-0.1, -0.05) is 36.4 Å². The fourth-order valence-corrected chi connectivity index (χ4v) is 3.17. The van der Waals surface area contributed by atoms with Crippen molar-refractivity contribution in [1.29, 1.82) is 0 Å². The van der Waals surface area contributed by atoms with Crippen LogP contribution in [0.3, 0.4) is 0 Å². The van der Waals surface area contributed by atoms with Crippen molar-refractivity contribution in [2.75, 3.05) is 6.61 Å². The second-order valence-electron chi connectivity index (χ2n) is 5.27. The van der Waals surface area contributed by atoms with Gasteiger partial charge in [0.25, 0.3) is 0 Å². The largest absolute Gasteiger partial charge is 0.355 e. The number of ether oxygens (including phenoxy) is 1. The Kier molecular flexibility index (Phi) is 3.38. The number of benzene rings is 1. The Morgan fingerprint density at radius 3 is 2.89 bits per heavy atom. The molecular formula is C16H19NO2. The molecule has 1 aromatic carbocycles. The maximum atomic E-state index is 12.2. The van der Waals surface area contributed by atoms with Crippen molar-refractivity contribution >= 4 is 5.91 Å². The lowest BCUT2D eigenvalue weighted by atomic mass is 9.91. The first-order valence-corrected chi connectivity index (χ1v) is 6.90. The third-order valence-electron chi connectivity index (χ3n) is 4.11. The number of rotatable bonds is 3. The number of hydrogen-bond donors (Lipinski definition) is 0. The summed E-state index contributed by atoms with van der Waals surface area (Å²) in [4.78, 5) is 14.2. The van der Waals surface area contributed by atoms with Gasteiger partial charge in [-0.05, 0) is 18.4 Å². The highest BCUT2D eigenvalue weighted by atomic mass is 16.5. The van der Waals surface area contributed by atoms with Crippen molar-refractivity contribution < 1.29 is 9.53 Å². The van der Waals surface area contributed by atoms with Crippen LogP contribution in [0.2, 0.25) is 0 Å². The van der Waals surface area contributed by atoms with Crippen LogP contribution in [0.4, 0.5) is 0 Å². The van der Waals surface area contributed by atoms with E-state index in [1.807, 2.05) is 29.2 Å². The van der Waals surface area contributed by atoms with Crippen LogP contribution in [0.1, 0.15) is 30.9 Å². The summed E-state index contributed by atoms with van der Waals surface area (Å²) in [5.74, 6) is 0.612. The van der Waals surface area contributed by atoms with Gasteiger partial charge in [-0.15, -0.1) is 6.58 Å². The number of allylic oxidation sites excluding steroid dienone is 1. The number of nitrogens with zero attached hydrogens (tertiary/aromatic N) is 1. The standard InChI is InChI=1S/C16H19NO2/c1-2-6-13-9-10-15(18)17-14(11-19-16(13)17)12-7-4-3-5-8-12/h2-5,7-8,13-14,16H,1,6,9-11H2/t13-,14+,16+/m1/s1. The lowest BCUT2D eigenvalue weighted by molar-refractivity contribution is -0.147. The zero-order valence-corrected chi connectivity index (χ0v) is 11.0. The van der Waals surface area contributed by atoms with Crippen LogP contribution in [-0.2, 0) is 9.53 Å². The minimum atomic E-state index is -0.0653. The number of carbonyl (C=O) groups is 1. The molecule has 2 fully saturated rings. The Labute approximate surface area is 113 Å². The van der Waals surface area contributed by atoms with Crippen molar-refractivity contribution in [2.24, 2.45) is 5.92 Å². The molecule has 0 unspecified atom stereocenters. The molecule has 100 valence electrons. The Morgan fingerprint density at radius 2 is 2.16 bits per heavy atom. The molecule has 0 spiro atoms. The number of hydrogen-bond acceptors (Lipinski definition) is 2. The molecule has 3 atom stereocenters. The average Bonchev–Trinajstić information content (AvgIpc) is 2.89. The van der Waals surface area contributed by atoms with E-state index in [1.54, 1.807) is 0 Å². The third kappa shape index (κ3) is 2.19. The monoisotopic (exact) mass is 257 g/mol. The fraction of sp³-hybridized carbons (Fsp3) is 0.438. The van der Waals surface area contributed by atoms with E-state index >= 15 is 0 Å². The highest BCUT2D eigenvalue weighted by Gasteiger charge is 2.45. The molecule has 2 aliphatic heterocycles. The quantitative estimate of drug-likeness (QED) is 0.779. The zero-order chi connectivity index (χ0) is 13.2. The molecule has 3 heteroatoms. The number of amides is 1. The topological polar surface area (TPSA) is 29.5 Å². The van der Waals surface area contributed by atoms with Crippen LogP contribution in [0.5, 0.6) is 0 Å². The first-order chi connectivity index (χ1) is 9.31. The summed E-state index contributed by atoms with van der Waals surface area (Å²) in [5.41, 5.74) is 1.16. The summed E-state index contributed by atoms with van der Waals surface area (Å²) >= 11 is 0. The van der Waals surface area contributed by atoms with Crippen molar-refractivity contribution in [3.05, 3.63) is 48.6 Å². The van der Waals surface area contributed by atoms with Gasteiger partial charge in [-0.3, -0.25) is 4.79 Å². The van der Waals surface area contributed by atoms with Crippen LogP contribution in [-0.4, -0.2) is 23.6 Å². The van der Waals surface area contributed by atoms with E-state index in [-0.39, 0.29) is 18.2 Å². The van der Waals surface area contributed by atoms with E-state index in [9.17, 15) is 4.79 Å². The zero-order valence-electron chi connectivity index (χ0n) is 11.0. The van der Waals surface area contributed by atoms with Crippen LogP contribution in [0.15, 0.2) is 43.0 Å². The number of piperidine rings is 1. The fourth-order valence-electron chi connectivity index (χ4n) is 3.17. The van der Waals surface area contributed by atoms with Gasteiger partial charge in [0.15, 0.2) is 0 Å². The van der Waals surface area contributed by atoms with Crippen LogP contribution >= 0.6 is 0 Å². The molecule has 0 N–H and O–H groups in total. The van der Waals surface area contributed by atoms with E-state index in [1.165, 1.54) is 0 Å². The van der Waals surface area contributed by atoms with E-state index < -0.39 is 0 Å². The first kappa shape index (κ1) is 12.4. The van der Waals surface area contributed by atoms with Gasteiger partial charge < -0.3 is 9.64 Å². The maximum Gasteiger partial charge on any atom is 0.225 e. The van der Waals surface area contributed by atoms with Gasteiger partial charge in [-0.2, -0.15) is 0 Å². The average molecular weight is 257 g/mol. The highest BCUT2D eigenvalue weighted by molar-refractivity contribution is 5.78. The van der Waals surface area contributed by atoms with E-state index in [2.05, 4.69) is 18.7 Å². The van der Waals surface area contributed by atoms with Gasteiger partial charge in [0, 0.05) is 12.3 Å². The van der Waals surface area contributed by atoms with Gasteiger partial charge in [0.05, 0.1) is 12.6 Å². The predicted octanol–water partition coefficient (Wildman–Crippen LogP) is 2.90. The Bertz CT molecular complexity index is 471. The second kappa shape index (κ2) is 5.17. The van der Waals surface area contributed by atoms with E-state index in [4.69, 9.17) is 4.74 Å². The SMILES string of the molecule is C=CC[C@@H]1CCC(=O)N2[C@H](c3ccccc3)CO[C@@H]12. The molecule has 0 saturated carbocycles. The Hall–Kier alpha value is -1.61. The minimum absolute atomic E-state index is 0.0653. The lowest BCUT2D eigenvalue weighted by Crippen LogP contribution is -2.46. The molecule has 0 aliphatic carbocycles. The van der Waals surface area contributed by atoms with Gasteiger partial charge >= 0.3 is 0 Å². The van der Waals surface area contributed by atoms with Crippen LogP contribution in [0, 0.1) is 5.92 Å². The normalized spacial score (nSPS) is 30.2. The molecule has 0 radical (unpaired) electrons. The molecule has 2 aliphatic rings. The summed E-state index contributed by atoms with van der Waals surface area (Å²) in [6, 6.07) is 10.2. The maximum absolute atomic E-state index is 12.2. The second-order valence-corrected chi connectivity index (χ2v) is 5.27. The molecule has 19 heavy (non-hydrogen) atoms. The summed E-state index contributed by atoms with van der Waals surface area (Å²) in [5, 5.41) is 0. The van der Waals surface area contributed by atoms with Crippen molar-refractivity contribution in [3.8, 4) is 0 Å². The predicted molar refractivity (Wildman–Crippen MR) is 73.3 cm³/mol. The van der Waals surface area contributed by atoms with Crippen molar-refractivity contribution in [2.45, 2.75) is 31.5 Å². The molecule has 2 heterocycles. The molecule has 1 aromatic rings. The summed E-state index contributed by atoms with van der Waals surface area (Å²) in [6.45, 7) is 4.41. The molecule has 2 saturated heterocycles. The van der Waals surface area contributed by atoms with Crippen molar-refractivity contribution in [3.63, 3.8) is 0 Å². The van der Waals surface area contributed by atoms with Gasteiger partial charge in [-0.25, -0.2) is 0 Å². The smallest absolute Gasteiger partial charge is 0.225 e. The number of carbonyl (C=O) groups excluding carboxylic acids is 1. The summed E-state index contributed by atoms with van der Waals surface area (Å²) < 4.78 is 5.92. The minimum Gasteiger partial charge on any atom is -0.355 e. The van der Waals surface area contributed by atoms with Crippen LogP contribution < -0.4 is 0 Å². The molecule has 0 aromatic heterocycles. The summed E-state index contributed by atoms with van der Waals surface area (Å²) in [7, 11) is 0. The first-order valence-electron chi connectivity index (χ1n) is 6.90. The van der Waals surface area contributed by atoms with E-state index in [0.29, 0.717) is 18.9 Å². The molecule has 3 rings (SSSR count). The summed E-state index contributed by atoms with van der Waals surface area (Å²) in [6.07, 6.45) is 4.31. The number of fused-ring (bicyclic) bond motifs is 1. The van der Waals surface area contributed by atoms with Crippen molar-refractivity contribution in [1.82, 2.24) is 4.90 Å². The van der Waals surface area contributed by atoms with Gasteiger partial charge in [0.2, 0.25) is 5.91 Å². The molecular weight excluding hydrogens is 238 g/mol. The van der Waals surface area contributed by atoms with Gasteiger partial charge in [0.1, 0.15) is 6.23 Å². The highest BCUT2D eigenvalue weighted by Crippen LogP contribution is 2.39. The lowest BCUT2D eigenvalue weighted by Gasteiger charge is -2.37. The molecule has 0 bridgehead atoms. The Balaban J connectivity index is 1.86. The van der Waals surface area contributed by atoms with Crippen LogP contribution in [0.25, 0.3) is 0 Å². The third-order valence-corrected chi connectivity index (χ3v) is 4.11. The molecule has 3 nitrogen and oxygen atoms in total. The Morgan fingerprint density at radius 1 is 1.37 bits per heavy atom. The van der Waals surface area contributed by atoms with E-state index in [0.717, 1.165) is 18.4 Å².